The molecule has 0 saturated carbocycles. The van der Waals surface area contributed by atoms with Crippen LogP contribution in [0.3, 0.4) is 0 Å². The molecule has 2 aromatic rings. The molecule has 0 atom stereocenters. The summed E-state index contributed by atoms with van der Waals surface area (Å²) in [6.07, 6.45) is 1.38. The van der Waals surface area contributed by atoms with E-state index in [1.54, 1.807) is 0 Å². The van der Waals surface area contributed by atoms with Gasteiger partial charge in [-0.05, 0) is 42.8 Å². The fraction of sp³-hybridized carbons (Fsp3) is 0.231. The monoisotopic (exact) mass is 276 g/mol. The molecule has 0 unspecified atom stereocenters. The van der Waals surface area contributed by atoms with Gasteiger partial charge in [0.05, 0.1) is 6.04 Å². The second-order valence-electron chi connectivity index (χ2n) is 4.44. The van der Waals surface area contributed by atoms with E-state index in [2.05, 4.69) is 15.4 Å². The maximum Gasteiger partial charge on any atom is 0.339 e. The van der Waals surface area contributed by atoms with E-state index in [1.807, 2.05) is 13.8 Å². The molecule has 6 nitrogen and oxygen atoms in total. The van der Waals surface area contributed by atoms with Crippen molar-refractivity contribution in [1.29, 1.82) is 0 Å². The van der Waals surface area contributed by atoms with Gasteiger partial charge in [0.15, 0.2) is 0 Å². The van der Waals surface area contributed by atoms with Gasteiger partial charge in [-0.2, -0.15) is 4.80 Å². The predicted octanol–water partition coefficient (Wildman–Crippen LogP) is 2.02. The highest BCUT2D eigenvalue weighted by molar-refractivity contribution is 6.19. The summed E-state index contributed by atoms with van der Waals surface area (Å²) in [5, 5.41) is 20.8. The predicted molar refractivity (Wildman–Crippen MR) is 70.1 cm³/mol. The van der Waals surface area contributed by atoms with Crippen LogP contribution >= 0.6 is 0 Å². The van der Waals surface area contributed by atoms with Crippen LogP contribution < -0.4 is 0 Å². The molecule has 20 heavy (non-hydrogen) atoms. The second-order valence-corrected chi connectivity index (χ2v) is 4.44. The minimum atomic E-state index is -1.17. The molecular formula is C13H13FN4O2. The lowest BCUT2D eigenvalue weighted by Crippen LogP contribution is -2.06. The van der Waals surface area contributed by atoms with Crippen molar-refractivity contribution in [2.24, 2.45) is 0 Å². The summed E-state index contributed by atoms with van der Waals surface area (Å²) in [4.78, 5) is 12.6. The first-order chi connectivity index (χ1) is 9.47. The SMILES string of the molecule is CC(C)n1nnc(C(=Cc2ccc(F)cc2)C(=O)O)n1. The van der Waals surface area contributed by atoms with E-state index < -0.39 is 5.97 Å². The zero-order valence-electron chi connectivity index (χ0n) is 11.0. The standard InChI is InChI=1S/C13H13FN4O2/c1-8(2)18-16-12(15-17-18)11(13(19)20)7-9-3-5-10(14)6-4-9/h3-8H,1-2H3,(H,19,20). The van der Waals surface area contributed by atoms with Gasteiger partial charge in [0.25, 0.3) is 0 Å². The summed E-state index contributed by atoms with van der Waals surface area (Å²) in [5.41, 5.74) is 0.452. The molecule has 2 rings (SSSR count). The molecule has 0 amide bonds. The lowest BCUT2D eigenvalue weighted by atomic mass is 10.1. The number of aromatic nitrogens is 4. The van der Waals surface area contributed by atoms with Gasteiger partial charge in [-0.1, -0.05) is 12.1 Å². The van der Waals surface area contributed by atoms with Crippen molar-refractivity contribution >= 4 is 17.6 Å². The maximum absolute atomic E-state index is 12.8. The van der Waals surface area contributed by atoms with E-state index >= 15 is 0 Å². The van der Waals surface area contributed by atoms with E-state index in [-0.39, 0.29) is 23.3 Å². The van der Waals surface area contributed by atoms with Gasteiger partial charge >= 0.3 is 5.97 Å². The minimum absolute atomic E-state index is 0.0166. The Morgan fingerprint density at radius 3 is 2.50 bits per heavy atom. The molecule has 0 bridgehead atoms. The van der Waals surface area contributed by atoms with Crippen LogP contribution in [0, 0.1) is 5.82 Å². The zero-order valence-corrected chi connectivity index (χ0v) is 11.0. The maximum atomic E-state index is 12.8. The molecular weight excluding hydrogens is 263 g/mol. The van der Waals surface area contributed by atoms with Gasteiger partial charge in [0.1, 0.15) is 11.4 Å². The lowest BCUT2D eigenvalue weighted by Gasteiger charge is -2.00. The Bertz CT molecular complexity index is 647. The smallest absolute Gasteiger partial charge is 0.339 e. The summed E-state index contributed by atoms with van der Waals surface area (Å²) in [7, 11) is 0. The fourth-order valence-electron chi connectivity index (χ4n) is 1.50. The number of hydrogen-bond donors (Lipinski definition) is 1. The highest BCUT2D eigenvalue weighted by Crippen LogP contribution is 2.15. The third kappa shape index (κ3) is 3.05. The number of benzene rings is 1. The number of nitrogens with zero attached hydrogens (tertiary/aromatic N) is 4. The number of rotatable bonds is 4. The lowest BCUT2D eigenvalue weighted by molar-refractivity contribution is -0.130. The van der Waals surface area contributed by atoms with Crippen LogP contribution in [0.25, 0.3) is 11.6 Å². The molecule has 1 aromatic carbocycles. The van der Waals surface area contributed by atoms with Crippen LogP contribution in [0.15, 0.2) is 24.3 Å². The fourth-order valence-corrected chi connectivity index (χ4v) is 1.50. The summed E-state index contributed by atoms with van der Waals surface area (Å²) in [6.45, 7) is 3.71. The van der Waals surface area contributed by atoms with E-state index in [0.29, 0.717) is 5.56 Å². The number of aliphatic carboxylic acids is 1. The van der Waals surface area contributed by atoms with Crippen molar-refractivity contribution in [1.82, 2.24) is 20.2 Å². The molecule has 7 heteroatoms. The van der Waals surface area contributed by atoms with E-state index in [9.17, 15) is 14.3 Å². The van der Waals surface area contributed by atoms with E-state index in [4.69, 9.17) is 0 Å². The first-order valence-electron chi connectivity index (χ1n) is 5.98. The number of carbonyl (C=O) groups is 1. The number of carboxylic acids is 1. The molecule has 0 aliphatic heterocycles. The summed E-state index contributed by atoms with van der Waals surface area (Å²) < 4.78 is 12.8. The van der Waals surface area contributed by atoms with Gasteiger partial charge in [-0.15, -0.1) is 10.2 Å². The van der Waals surface area contributed by atoms with Crippen molar-refractivity contribution < 1.29 is 14.3 Å². The quantitative estimate of drug-likeness (QED) is 0.864. The average molecular weight is 276 g/mol. The molecule has 1 heterocycles. The van der Waals surface area contributed by atoms with E-state index in [0.717, 1.165) is 0 Å². The van der Waals surface area contributed by atoms with Gasteiger partial charge in [0, 0.05) is 0 Å². The number of carboxylic acid groups (broad SMARTS) is 1. The Morgan fingerprint density at radius 2 is 2.00 bits per heavy atom. The normalized spacial score (nSPS) is 11.9. The van der Waals surface area contributed by atoms with Gasteiger partial charge in [0.2, 0.25) is 5.82 Å². The molecule has 0 fully saturated rings. The first kappa shape index (κ1) is 13.9. The third-order valence-corrected chi connectivity index (χ3v) is 2.54. The largest absolute Gasteiger partial charge is 0.478 e. The van der Waals surface area contributed by atoms with Gasteiger partial charge in [-0.3, -0.25) is 0 Å². The zero-order chi connectivity index (χ0) is 14.7. The van der Waals surface area contributed by atoms with E-state index in [1.165, 1.54) is 35.1 Å². The summed E-state index contributed by atoms with van der Waals surface area (Å²) in [5.74, 6) is -1.53. The highest BCUT2D eigenvalue weighted by atomic mass is 19.1. The van der Waals surface area contributed by atoms with Crippen molar-refractivity contribution in [3.63, 3.8) is 0 Å². The van der Waals surface area contributed by atoms with Crippen molar-refractivity contribution in [3.8, 4) is 0 Å². The highest BCUT2D eigenvalue weighted by Gasteiger charge is 2.17. The van der Waals surface area contributed by atoms with Crippen LogP contribution in [0.2, 0.25) is 0 Å². The molecule has 104 valence electrons. The second kappa shape index (κ2) is 5.60. The Hall–Kier alpha value is -2.57. The molecule has 1 aromatic heterocycles. The molecule has 1 N–H and O–H groups in total. The van der Waals surface area contributed by atoms with Crippen molar-refractivity contribution in [3.05, 3.63) is 41.5 Å². The number of tetrazole rings is 1. The molecule has 0 radical (unpaired) electrons. The molecule has 0 aliphatic carbocycles. The number of hydrogen-bond acceptors (Lipinski definition) is 4. The Balaban J connectivity index is 2.40. The third-order valence-electron chi connectivity index (χ3n) is 2.54. The minimum Gasteiger partial charge on any atom is -0.478 e. The first-order valence-corrected chi connectivity index (χ1v) is 5.98. The summed E-state index contributed by atoms with van der Waals surface area (Å²) >= 11 is 0. The van der Waals surface area contributed by atoms with Crippen LogP contribution in [0.5, 0.6) is 0 Å². The van der Waals surface area contributed by atoms with Crippen LogP contribution in [-0.2, 0) is 4.79 Å². The van der Waals surface area contributed by atoms with Crippen molar-refractivity contribution in [2.75, 3.05) is 0 Å². The molecule has 0 saturated heterocycles. The Morgan fingerprint density at radius 1 is 1.35 bits per heavy atom. The Labute approximate surface area is 114 Å². The van der Waals surface area contributed by atoms with Crippen molar-refractivity contribution in [2.45, 2.75) is 19.9 Å². The molecule has 0 aliphatic rings. The Kier molecular flexibility index (Phi) is 3.88. The van der Waals surface area contributed by atoms with Crippen LogP contribution in [-0.4, -0.2) is 31.3 Å². The van der Waals surface area contributed by atoms with Gasteiger partial charge in [-0.25, -0.2) is 9.18 Å². The summed E-state index contributed by atoms with van der Waals surface area (Å²) in [6, 6.07) is 5.45. The number of halogens is 1. The average Bonchev–Trinajstić information content (AvgIpc) is 2.87. The van der Waals surface area contributed by atoms with Crippen LogP contribution in [0.1, 0.15) is 31.3 Å². The molecule has 0 spiro atoms. The van der Waals surface area contributed by atoms with Gasteiger partial charge < -0.3 is 5.11 Å². The van der Waals surface area contributed by atoms with Crippen LogP contribution in [0.4, 0.5) is 4.39 Å². The topological polar surface area (TPSA) is 80.9 Å².